The molecule has 0 spiro atoms. The molecular weight excluding hydrogens is 308 g/mol. The van der Waals surface area contributed by atoms with Crippen LogP contribution in [0, 0.1) is 13.8 Å². The first kappa shape index (κ1) is 15.9. The van der Waals surface area contributed by atoms with Crippen LogP contribution in [0.15, 0.2) is 42.1 Å². The molecule has 0 atom stereocenters. The summed E-state index contributed by atoms with van der Waals surface area (Å²) in [6.45, 7) is 3.58. The topological polar surface area (TPSA) is 87.5 Å². The van der Waals surface area contributed by atoms with Gasteiger partial charge < -0.3 is 10.4 Å². The van der Waals surface area contributed by atoms with Crippen molar-refractivity contribution >= 4 is 17.5 Å². The van der Waals surface area contributed by atoms with Gasteiger partial charge in [0.05, 0.1) is 30.2 Å². The molecule has 2 N–H and O–H groups in total. The van der Waals surface area contributed by atoms with Gasteiger partial charge in [-0.05, 0) is 32.0 Å². The van der Waals surface area contributed by atoms with E-state index >= 15 is 0 Å². The van der Waals surface area contributed by atoms with E-state index < -0.39 is 11.8 Å². The molecule has 124 valence electrons. The Morgan fingerprint density at radius 2 is 1.96 bits per heavy atom. The summed E-state index contributed by atoms with van der Waals surface area (Å²) in [7, 11) is 0. The lowest BCUT2D eigenvalue weighted by molar-refractivity contribution is -0.137. The van der Waals surface area contributed by atoms with Crippen molar-refractivity contribution in [1.82, 2.24) is 14.7 Å². The smallest absolute Gasteiger partial charge is 0.277 e. The van der Waals surface area contributed by atoms with Crippen LogP contribution in [-0.2, 0) is 9.59 Å². The number of aromatic nitrogens is 2. The molecule has 0 saturated carbocycles. The van der Waals surface area contributed by atoms with Crippen molar-refractivity contribution < 1.29 is 14.7 Å². The van der Waals surface area contributed by atoms with Crippen molar-refractivity contribution in [3.8, 4) is 5.69 Å². The number of hydrogen-bond donors (Lipinski definition) is 2. The van der Waals surface area contributed by atoms with Gasteiger partial charge in [0.2, 0.25) is 0 Å². The van der Waals surface area contributed by atoms with Crippen LogP contribution in [0.1, 0.15) is 11.4 Å². The second-order valence-corrected chi connectivity index (χ2v) is 5.56. The van der Waals surface area contributed by atoms with Crippen LogP contribution in [0.4, 0.5) is 5.69 Å². The number of carbonyl (C=O) groups is 2. The van der Waals surface area contributed by atoms with E-state index in [1.54, 1.807) is 4.68 Å². The van der Waals surface area contributed by atoms with Crippen molar-refractivity contribution in [3.05, 3.63) is 53.5 Å². The molecule has 1 aliphatic rings. The van der Waals surface area contributed by atoms with Gasteiger partial charge in [-0.1, -0.05) is 12.1 Å². The highest BCUT2D eigenvalue weighted by Crippen LogP contribution is 2.24. The molecular formula is C17H18N4O3. The predicted octanol–water partition coefficient (Wildman–Crippen LogP) is 1.15. The Balaban J connectivity index is 1.92. The molecule has 0 fully saturated rings. The summed E-state index contributed by atoms with van der Waals surface area (Å²) >= 11 is 0. The third-order valence-electron chi connectivity index (χ3n) is 3.74. The van der Waals surface area contributed by atoms with Crippen molar-refractivity contribution in [2.24, 2.45) is 0 Å². The first-order valence-corrected chi connectivity index (χ1v) is 7.59. The number of aliphatic hydroxyl groups excluding tert-OH is 1. The average Bonchev–Trinajstić information content (AvgIpc) is 3.02. The highest BCUT2D eigenvalue weighted by molar-refractivity contribution is 6.17. The fourth-order valence-corrected chi connectivity index (χ4v) is 2.69. The molecule has 0 radical (unpaired) electrons. The Labute approximate surface area is 139 Å². The van der Waals surface area contributed by atoms with Crippen LogP contribution in [0.5, 0.6) is 0 Å². The van der Waals surface area contributed by atoms with Gasteiger partial charge in [0, 0.05) is 11.8 Å². The van der Waals surface area contributed by atoms with E-state index in [1.807, 2.05) is 44.2 Å². The number of β-amino-alcohol motifs (C(OH)–C–C–N with tert-alkyl or cyclic N) is 1. The molecule has 3 rings (SSSR count). The van der Waals surface area contributed by atoms with Crippen molar-refractivity contribution in [2.75, 3.05) is 18.5 Å². The minimum atomic E-state index is -0.447. The van der Waals surface area contributed by atoms with Gasteiger partial charge in [-0.15, -0.1) is 0 Å². The van der Waals surface area contributed by atoms with Gasteiger partial charge in [0.25, 0.3) is 11.8 Å². The van der Waals surface area contributed by atoms with Crippen LogP contribution in [0.2, 0.25) is 0 Å². The molecule has 24 heavy (non-hydrogen) atoms. The van der Waals surface area contributed by atoms with Crippen LogP contribution >= 0.6 is 0 Å². The SMILES string of the molecule is Cc1cc(C)n(-c2ccccc2NC2=CC(=O)N(CCO)C2=O)n1. The third kappa shape index (κ3) is 2.81. The molecule has 1 aromatic heterocycles. The molecule has 2 amide bonds. The number of anilines is 1. The fraction of sp³-hybridized carbons (Fsp3) is 0.235. The number of aliphatic hydroxyl groups is 1. The van der Waals surface area contributed by atoms with Crippen molar-refractivity contribution in [1.29, 1.82) is 0 Å². The number of imide groups is 1. The highest BCUT2D eigenvalue weighted by atomic mass is 16.3. The Morgan fingerprint density at radius 3 is 2.62 bits per heavy atom. The van der Waals surface area contributed by atoms with E-state index in [4.69, 9.17) is 5.11 Å². The number of hydrogen-bond acceptors (Lipinski definition) is 5. The maximum Gasteiger partial charge on any atom is 0.277 e. The molecule has 0 saturated heterocycles. The number of para-hydroxylation sites is 2. The van der Waals surface area contributed by atoms with Gasteiger partial charge in [-0.3, -0.25) is 14.5 Å². The Morgan fingerprint density at radius 1 is 1.21 bits per heavy atom. The summed E-state index contributed by atoms with van der Waals surface area (Å²) in [6.07, 6.45) is 1.25. The lowest BCUT2D eigenvalue weighted by Crippen LogP contribution is -2.34. The molecule has 0 unspecified atom stereocenters. The number of carbonyl (C=O) groups excluding carboxylic acids is 2. The number of nitrogens with one attached hydrogen (secondary N) is 1. The van der Waals surface area contributed by atoms with Crippen LogP contribution in [-0.4, -0.2) is 44.8 Å². The summed E-state index contributed by atoms with van der Waals surface area (Å²) in [4.78, 5) is 25.1. The zero-order chi connectivity index (χ0) is 17.3. The second-order valence-electron chi connectivity index (χ2n) is 5.56. The maximum absolute atomic E-state index is 12.3. The standard InChI is InChI=1S/C17H18N4O3/c1-11-9-12(2)21(19-11)15-6-4-3-5-13(15)18-14-10-16(23)20(7-8-22)17(14)24/h3-6,9-10,18,22H,7-8H2,1-2H3. The molecule has 0 aliphatic carbocycles. The summed E-state index contributed by atoms with van der Waals surface area (Å²) < 4.78 is 1.78. The molecule has 2 aromatic rings. The molecule has 7 heteroatoms. The molecule has 7 nitrogen and oxygen atoms in total. The average molecular weight is 326 g/mol. The van der Waals surface area contributed by atoms with Crippen LogP contribution in [0.3, 0.4) is 0 Å². The zero-order valence-corrected chi connectivity index (χ0v) is 13.5. The monoisotopic (exact) mass is 326 g/mol. The molecule has 1 aliphatic heterocycles. The third-order valence-corrected chi connectivity index (χ3v) is 3.74. The first-order valence-electron chi connectivity index (χ1n) is 7.59. The van der Waals surface area contributed by atoms with E-state index in [0.717, 1.165) is 22.0 Å². The van der Waals surface area contributed by atoms with E-state index in [9.17, 15) is 9.59 Å². The maximum atomic E-state index is 12.3. The normalized spacial score (nSPS) is 14.3. The van der Waals surface area contributed by atoms with Crippen LogP contribution < -0.4 is 5.32 Å². The first-order chi connectivity index (χ1) is 11.5. The number of nitrogens with zero attached hydrogens (tertiary/aromatic N) is 3. The summed E-state index contributed by atoms with van der Waals surface area (Å²) in [5, 5.41) is 16.4. The predicted molar refractivity (Wildman–Crippen MR) is 88.5 cm³/mol. The minimum absolute atomic E-state index is 0.0154. The number of aryl methyl sites for hydroxylation is 2. The van der Waals surface area contributed by atoms with Gasteiger partial charge in [0.15, 0.2) is 0 Å². The van der Waals surface area contributed by atoms with Gasteiger partial charge in [-0.2, -0.15) is 5.10 Å². The second kappa shape index (κ2) is 6.29. The van der Waals surface area contributed by atoms with E-state index in [0.29, 0.717) is 5.69 Å². The van der Waals surface area contributed by atoms with E-state index in [2.05, 4.69) is 10.4 Å². The molecule has 1 aromatic carbocycles. The summed E-state index contributed by atoms with van der Waals surface area (Å²) in [5.74, 6) is -0.877. The highest BCUT2D eigenvalue weighted by Gasteiger charge is 2.31. The fourth-order valence-electron chi connectivity index (χ4n) is 2.69. The molecule has 2 heterocycles. The summed E-state index contributed by atoms with van der Waals surface area (Å²) in [6, 6.07) is 9.38. The van der Waals surface area contributed by atoms with Crippen molar-refractivity contribution in [2.45, 2.75) is 13.8 Å². The minimum Gasteiger partial charge on any atom is -0.395 e. The number of benzene rings is 1. The van der Waals surface area contributed by atoms with Gasteiger partial charge in [-0.25, -0.2) is 4.68 Å². The van der Waals surface area contributed by atoms with Gasteiger partial charge >= 0.3 is 0 Å². The van der Waals surface area contributed by atoms with E-state index in [1.165, 1.54) is 6.08 Å². The zero-order valence-electron chi connectivity index (χ0n) is 13.5. The van der Waals surface area contributed by atoms with Crippen molar-refractivity contribution in [3.63, 3.8) is 0 Å². The quantitative estimate of drug-likeness (QED) is 0.805. The largest absolute Gasteiger partial charge is 0.395 e. The molecule has 0 bridgehead atoms. The number of amides is 2. The van der Waals surface area contributed by atoms with Crippen LogP contribution in [0.25, 0.3) is 5.69 Å². The lowest BCUT2D eigenvalue weighted by atomic mass is 10.2. The van der Waals surface area contributed by atoms with Gasteiger partial charge in [0.1, 0.15) is 5.70 Å². The summed E-state index contributed by atoms with van der Waals surface area (Å²) in [5.41, 5.74) is 3.49. The lowest BCUT2D eigenvalue weighted by Gasteiger charge is -2.15. The Hall–Kier alpha value is -2.93. The Bertz CT molecular complexity index is 838. The van der Waals surface area contributed by atoms with E-state index in [-0.39, 0.29) is 18.8 Å². The number of rotatable bonds is 5. The Kier molecular flexibility index (Phi) is 4.18.